The third kappa shape index (κ3) is 6.64. The first-order valence-corrected chi connectivity index (χ1v) is 8.12. The van der Waals surface area contributed by atoms with Crippen LogP contribution in [0.5, 0.6) is 5.75 Å². The highest BCUT2D eigenvalue weighted by Gasteiger charge is 2.04. The van der Waals surface area contributed by atoms with Gasteiger partial charge in [-0.25, -0.2) is 0 Å². The molecule has 132 valence electrons. The Balaban J connectivity index is 1.75. The van der Waals surface area contributed by atoms with Gasteiger partial charge in [0, 0.05) is 12.2 Å². The van der Waals surface area contributed by atoms with E-state index in [2.05, 4.69) is 10.6 Å². The number of amides is 2. The zero-order valence-corrected chi connectivity index (χ0v) is 14.2. The molecule has 0 saturated heterocycles. The molecular weight excluding hydrogens is 318 g/mol. The maximum atomic E-state index is 11.9. The molecule has 25 heavy (non-hydrogen) atoms. The van der Waals surface area contributed by atoms with E-state index in [0.29, 0.717) is 18.7 Å². The van der Waals surface area contributed by atoms with E-state index >= 15 is 0 Å². The van der Waals surface area contributed by atoms with E-state index in [1.165, 1.54) is 0 Å². The standard InChI is InChI=1S/C19H23N3O3/c1-14-3-2-4-16(11-14)22-19(24)13-25-17-7-5-15(6-8-17)9-10-21-18(23)12-20/h2-8,11H,9-10,12-13,20H2,1H3,(H,21,23)(H,22,24). The van der Waals surface area contributed by atoms with Crippen LogP contribution in [0.25, 0.3) is 0 Å². The molecule has 0 aliphatic heterocycles. The minimum absolute atomic E-state index is 0.00259. The zero-order valence-electron chi connectivity index (χ0n) is 14.2. The van der Waals surface area contributed by atoms with E-state index in [9.17, 15) is 9.59 Å². The van der Waals surface area contributed by atoms with Crippen LogP contribution in [0.1, 0.15) is 11.1 Å². The molecule has 0 aliphatic rings. The first kappa shape index (κ1) is 18.5. The van der Waals surface area contributed by atoms with E-state index in [1.54, 1.807) is 12.1 Å². The zero-order chi connectivity index (χ0) is 18.1. The lowest BCUT2D eigenvalue weighted by Gasteiger charge is -2.09. The van der Waals surface area contributed by atoms with Crippen LogP contribution in [-0.2, 0) is 16.0 Å². The number of aryl methyl sites for hydroxylation is 1. The maximum Gasteiger partial charge on any atom is 0.262 e. The molecule has 0 bridgehead atoms. The number of carbonyl (C=O) groups excluding carboxylic acids is 2. The first-order chi connectivity index (χ1) is 12.1. The first-order valence-electron chi connectivity index (χ1n) is 8.12. The van der Waals surface area contributed by atoms with Gasteiger partial charge >= 0.3 is 0 Å². The lowest BCUT2D eigenvalue weighted by atomic mass is 10.1. The van der Waals surface area contributed by atoms with Crippen LogP contribution in [0.3, 0.4) is 0 Å². The molecule has 4 N–H and O–H groups in total. The molecule has 6 heteroatoms. The Labute approximate surface area is 147 Å². The second-order valence-electron chi connectivity index (χ2n) is 5.65. The Kier molecular flexibility index (Phi) is 6.98. The molecule has 0 saturated carbocycles. The molecule has 0 radical (unpaired) electrons. The van der Waals surface area contributed by atoms with Crippen LogP contribution < -0.4 is 21.1 Å². The fourth-order valence-electron chi connectivity index (χ4n) is 2.24. The quantitative estimate of drug-likeness (QED) is 0.680. The van der Waals surface area contributed by atoms with Crippen molar-refractivity contribution in [3.63, 3.8) is 0 Å². The van der Waals surface area contributed by atoms with Gasteiger partial charge in [-0.05, 0) is 48.7 Å². The van der Waals surface area contributed by atoms with E-state index in [0.717, 1.165) is 16.8 Å². The third-order valence-corrected chi connectivity index (χ3v) is 3.52. The Morgan fingerprint density at radius 1 is 1.08 bits per heavy atom. The molecule has 0 heterocycles. The lowest BCUT2D eigenvalue weighted by molar-refractivity contribution is -0.120. The van der Waals surface area contributed by atoms with Gasteiger partial charge in [-0.2, -0.15) is 0 Å². The van der Waals surface area contributed by atoms with Crippen molar-refractivity contribution in [2.24, 2.45) is 5.73 Å². The van der Waals surface area contributed by atoms with E-state index in [4.69, 9.17) is 10.5 Å². The van der Waals surface area contributed by atoms with Crippen molar-refractivity contribution < 1.29 is 14.3 Å². The Morgan fingerprint density at radius 2 is 1.84 bits per heavy atom. The summed E-state index contributed by atoms with van der Waals surface area (Å²) >= 11 is 0. The summed E-state index contributed by atoms with van der Waals surface area (Å²) in [7, 11) is 0. The number of hydrogen-bond donors (Lipinski definition) is 3. The Hall–Kier alpha value is -2.86. The van der Waals surface area contributed by atoms with Gasteiger partial charge in [-0.1, -0.05) is 24.3 Å². The van der Waals surface area contributed by atoms with Gasteiger partial charge in [0.15, 0.2) is 6.61 Å². The molecule has 2 aromatic rings. The van der Waals surface area contributed by atoms with Crippen LogP contribution in [0.15, 0.2) is 48.5 Å². The van der Waals surface area contributed by atoms with Crippen molar-refractivity contribution in [1.29, 1.82) is 0 Å². The minimum atomic E-state index is -0.209. The topological polar surface area (TPSA) is 93.5 Å². The van der Waals surface area contributed by atoms with Crippen molar-refractivity contribution in [1.82, 2.24) is 5.32 Å². The average Bonchev–Trinajstić information content (AvgIpc) is 2.61. The van der Waals surface area contributed by atoms with Crippen LogP contribution in [-0.4, -0.2) is 31.5 Å². The number of hydrogen-bond acceptors (Lipinski definition) is 4. The smallest absolute Gasteiger partial charge is 0.262 e. The number of nitrogens with one attached hydrogen (secondary N) is 2. The summed E-state index contributed by atoms with van der Waals surface area (Å²) in [6.07, 6.45) is 0.708. The molecule has 2 aromatic carbocycles. The predicted octanol–water partition coefficient (Wildman–Crippen LogP) is 1.63. The monoisotopic (exact) mass is 341 g/mol. The van der Waals surface area contributed by atoms with E-state index in [1.807, 2.05) is 43.3 Å². The highest BCUT2D eigenvalue weighted by atomic mass is 16.5. The highest BCUT2D eigenvalue weighted by Crippen LogP contribution is 2.13. The molecule has 0 spiro atoms. The Morgan fingerprint density at radius 3 is 2.52 bits per heavy atom. The Bertz CT molecular complexity index is 714. The van der Waals surface area contributed by atoms with Gasteiger partial charge in [0.1, 0.15) is 5.75 Å². The van der Waals surface area contributed by atoms with Gasteiger partial charge in [-0.15, -0.1) is 0 Å². The second kappa shape index (κ2) is 9.44. The maximum absolute atomic E-state index is 11.9. The summed E-state index contributed by atoms with van der Waals surface area (Å²) in [4.78, 5) is 23.0. The molecule has 0 fully saturated rings. The van der Waals surface area contributed by atoms with Gasteiger partial charge in [0.05, 0.1) is 6.54 Å². The van der Waals surface area contributed by atoms with Gasteiger partial charge in [0.25, 0.3) is 5.91 Å². The molecule has 2 amide bonds. The van der Waals surface area contributed by atoms with Crippen molar-refractivity contribution in [3.05, 3.63) is 59.7 Å². The SMILES string of the molecule is Cc1cccc(NC(=O)COc2ccc(CCNC(=O)CN)cc2)c1. The predicted molar refractivity (Wildman–Crippen MR) is 97.5 cm³/mol. The number of carbonyl (C=O) groups is 2. The summed E-state index contributed by atoms with van der Waals surface area (Å²) in [6.45, 7) is 2.45. The number of benzene rings is 2. The van der Waals surface area contributed by atoms with Gasteiger partial charge in [-0.3, -0.25) is 9.59 Å². The third-order valence-electron chi connectivity index (χ3n) is 3.52. The average molecular weight is 341 g/mol. The van der Waals surface area contributed by atoms with Crippen molar-refractivity contribution in [3.8, 4) is 5.75 Å². The van der Waals surface area contributed by atoms with E-state index in [-0.39, 0.29) is 25.0 Å². The molecule has 0 atom stereocenters. The van der Waals surface area contributed by atoms with Crippen LogP contribution in [0.4, 0.5) is 5.69 Å². The molecular formula is C19H23N3O3. The number of rotatable bonds is 8. The van der Waals surface area contributed by atoms with Gasteiger partial charge in [0.2, 0.25) is 5.91 Å². The second-order valence-corrected chi connectivity index (χ2v) is 5.65. The van der Waals surface area contributed by atoms with Crippen molar-refractivity contribution in [2.75, 3.05) is 25.0 Å². The largest absolute Gasteiger partial charge is 0.484 e. The van der Waals surface area contributed by atoms with E-state index < -0.39 is 0 Å². The fourth-order valence-corrected chi connectivity index (χ4v) is 2.24. The number of nitrogens with two attached hydrogens (primary N) is 1. The van der Waals surface area contributed by atoms with Crippen molar-refractivity contribution in [2.45, 2.75) is 13.3 Å². The molecule has 2 rings (SSSR count). The summed E-state index contributed by atoms with van der Waals surface area (Å²) in [5.74, 6) is 0.243. The van der Waals surface area contributed by atoms with Crippen LogP contribution >= 0.6 is 0 Å². The molecule has 0 unspecified atom stereocenters. The summed E-state index contributed by atoms with van der Waals surface area (Å²) in [5, 5.41) is 5.51. The van der Waals surface area contributed by atoms with Crippen LogP contribution in [0.2, 0.25) is 0 Å². The molecule has 0 aromatic heterocycles. The summed E-state index contributed by atoms with van der Waals surface area (Å²) < 4.78 is 5.49. The molecule has 0 aliphatic carbocycles. The number of anilines is 1. The summed E-state index contributed by atoms with van der Waals surface area (Å²) in [5.41, 5.74) is 8.12. The number of ether oxygens (including phenoxy) is 1. The minimum Gasteiger partial charge on any atom is -0.484 e. The van der Waals surface area contributed by atoms with Gasteiger partial charge < -0.3 is 21.1 Å². The fraction of sp³-hybridized carbons (Fsp3) is 0.263. The lowest BCUT2D eigenvalue weighted by Crippen LogP contribution is -2.31. The summed E-state index contributed by atoms with van der Waals surface area (Å²) in [6, 6.07) is 15.0. The normalized spacial score (nSPS) is 10.2. The van der Waals surface area contributed by atoms with Crippen LogP contribution in [0, 0.1) is 6.92 Å². The van der Waals surface area contributed by atoms with Crippen molar-refractivity contribution >= 4 is 17.5 Å². The highest BCUT2D eigenvalue weighted by molar-refractivity contribution is 5.91. The molecule has 6 nitrogen and oxygen atoms in total.